The number of hydrogen-bond acceptors (Lipinski definition) is 10. The summed E-state index contributed by atoms with van der Waals surface area (Å²) in [6, 6.07) is 0. The Labute approximate surface area is 178 Å². The topological polar surface area (TPSA) is 193 Å². The van der Waals surface area contributed by atoms with Crippen molar-refractivity contribution in [2.45, 2.75) is 37.3 Å². The van der Waals surface area contributed by atoms with Crippen LogP contribution in [0.1, 0.15) is 12.8 Å². The molecule has 0 heterocycles. The minimum atomic E-state index is -1.55. The summed E-state index contributed by atoms with van der Waals surface area (Å²) in [7, 11) is 1.57. The van der Waals surface area contributed by atoms with Crippen molar-refractivity contribution in [1.29, 1.82) is 0 Å². The van der Waals surface area contributed by atoms with Gasteiger partial charge in [0.05, 0.1) is 12.7 Å². The summed E-state index contributed by atoms with van der Waals surface area (Å²) in [5.41, 5.74) is 0. The van der Waals surface area contributed by atoms with Crippen LogP contribution in [0.4, 0.5) is 0 Å². The maximum atomic E-state index is 9.50. The van der Waals surface area contributed by atoms with Crippen LogP contribution in [0.3, 0.4) is 0 Å². The van der Waals surface area contributed by atoms with Gasteiger partial charge in [0.15, 0.2) is 0 Å². The van der Waals surface area contributed by atoms with Crippen LogP contribution in [-0.4, -0.2) is 82.1 Å². The first-order valence-electron chi connectivity index (χ1n) is 6.04. The Morgan fingerprint density at radius 1 is 0.913 bits per heavy atom. The molecule has 10 nitrogen and oxygen atoms in total. The Kier molecular flexibility index (Phi) is 26.0. The van der Waals surface area contributed by atoms with E-state index in [1.807, 2.05) is 0 Å². The molecule has 0 amide bonds. The molecule has 0 spiro atoms. The van der Waals surface area contributed by atoms with E-state index in [4.69, 9.17) is 20.4 Å². The Balaban J connectivity index is -0.000000158. The van der Waals surface area contributed by atoms with Gasteiger partial charge in [0.25, 0.3) is 0 Å². The van der Waals surface area contributed by atoms with Crippen LogP contribution in [-0.2, 0) is 9.59 Å². The zero-order valence-corrected chi connectivity index (χ0v) is 17.5. The zero-order chi connectivity index (χ0) is 17.0. The van der Waals surface area contributed by atoms with Gasteiger partial charge in [-0.25, -0.2) is 0 Å². The largest absolute Gasteiger partial charge is 1.00 e. The molecule has 0 fully saturated rings. The SMILES string of the molecule is CNC[C@H](O)[C@@H](O)[C@H](O)[C@H](O)CO.O=C([O-])CCC(=O)[O-].[Na+].[Na+]. The molecule has 0 aromatic carbocycles. The molecule has 126 valence electrons. The molecule has 0 unspecified atom stereocenters. The molecule has 0 radical (unpaired) electrons. The van der Waals surface area contributed by atoms with Crippen molar-refractivity contribution in [3.05, 3.63) is 0 Å². The van der Waals surface area contributed by atoms with Gasteiger partial charge in [0, 0.05) is 18.5 Å². The van der Waals surface area contributed by atoms with Crippen LogP contribution in [0.25, 0.3) is 0 Å². The molecule has 0 aliphatic rings. The molecule has 0 saturated heterocycles. The summed E-state index contributed by atoms with van der Waals surface area (Å²) in [5.74, 6) is -2.73. The van der Waals surface area contributed by atoms with Gasteiger partial charge in [-0.05, 0) is 19.9 Å². The van der Waals surface area contributed by atoms with Crippen LogP contribution in [0, 0.1) is 0 Å². The summed E-state index contributed by atoms with van der Waals surface area (Å²) in [6.45, 7) is -0.569. The number of likely N-dealkylation sites (N-methyl/N-ethyl adjacent to an activating group) is 1. The molecular weight excluding hydrogens is 336 g/mol. The predicted octanol–water partition coefficient (Wildman–Crippen LogP) is -12.1. The minimum Gasteiger partial charge on any atom is -0.550 e. The number of carbonyl (C=O) groups excluding carboxylic acids is 2. The van der Waals surface area contributed by atoms with E-state index < -0.39 is 55.8 Å². The summed E-state index contributed by atoms with van der Waals surface area (Å²) < 4.78 is 0. The van der Waals surface area contributed by atoms with Crippen LogP contribution in [0.15, 0.2) is 0 Å². The van der Waals surface area contributed by atoms with Crippen molar-refractivity contribution in [2.75, 3.05) is 20.2 Å². The van der Waals surface area contributed by atoms with Gasteiger partial charge in [-0.3, -0.25) is 0 Å². The number of nitrogens with one attached hydrogen (secondary N) is 1. The van der Waals surface area contributed by atoms with Gasteiger partial charge in [-0.1, -0.05) is 0 Å². The standard InChI is InChI=1S/C7H17NO5.C4H6O4.2Na/c1-8-2-4(10)6(12)7(13)5(11)3-9;5-3(6)1-2-4(7)8;;/h4-13H,2-3H2,1H3;1-2H2,(H,5,6)(H,7,8);;/q;;2*+1/p-2/t4-,5+,6+,7+;;;/m0.../s1. The first-order chi connectivity index (χ1) is 9.67. The van der Waals surface area contributed by atoms with Crippen LogP contribution in [0.5, 0.6) is 0 Å². The molecular formula is C11H21NNa2O9. The second-order valence-corrected chi connectivity index (χ2v) is 4.10. The molecule has 0 aromatic rings. The average Bonchev–Trinajstić information content (AvgIpc) is 2.43. The van der Waals surface area contributed by atoms with Gasteiger partial charge >= 0.3 is 59.1 Å². The van der Waals surface area contributed by atoms with Gasteiger partial charge in [0.1, 0.15) is 18.3 Å². The average molecular weight is 357 g/mol. The monoisotopic (exact) mass is 357 g/mol. The molecule has 0 saturated carbocycles. The van der Waals surface area contributed by atoms with Crippen molar-refractivity contribution in [3.8, 4) is 0 Å². The van der Waals surface area contributed by atoms with Crippen LogP contribution >= 0.6 is 0 Å². The first-order valence-corrected chi connectivity index (χ1v) is 6.04. The Morgan fingerprint density at radius 2 is 1.26 bits per heavy atom. The minimum absolute atomic E-state index is 0. The number of carboxylic acids is 2. The third-order valence-corrected chi connectivity index (χ3v) is 2.27. The maximum absolute atomic E-state index is 9.50. The molecule has 12 heteroatoms. The number of carboxylic acid groups (broad SMARTS) is 2. The number of aliphatic hydroxyl groups is 5. The van der Waals surface area contributed by atoms with E-state index >= 15 is 0 Å². The number of hydrogen-bond donors (Lipinski definition) is 6. The molecule has 4 atom stereocenters. The summed E-state index contributed by atoms with van der Waals surface area (Å²) in [5, 5.41) is 66.5. The predicted molar refractivity (Wildman–Crippen MR) is 64.3 cm³/mol. The van der Waals surface area contributed by atoms with E-state index in [2.05, 4.69) is 5.32 Å². The molecule has 6 N–H and O–H groups in total. The van der Waals surface area contributed by atoms with Gasteiger partial charge in [-0.15, -0.1) is 0 Å². The molecule has 0 aliphatic carbocycles. The molecule has 0 aliphatic heterocycles. The Hall–Kier alpha value is 0.700. The van der Waals surface area contributed by atoms with E-state index in [1.54, 1.807) is 7.05 Å². The Morgan fingerprint density at radius 3 is 1.52 bits per heavy atom. The van der Waals surface area contributed by atoms with E-state index in [1.165, 1.54) is 0 Å². The fourth-order valence-electron chi connectivity index (χ4n) is 1.10. The van der Waals surface area contributed by atoms with Gasteiger partial charge < -0.3 is 50.7 Å². The summed E-state index contributed by atoms with van der Waals surface area (Å²) in [4.78, 5) is 19.0. The zero-order valence-electron chi connectivity index (χ0n) is 13.5. The van der Waals surface area contributed by atoms with E-state index in [-0.39, 0.29) is 65.7 Å². The molecule has 0 rings (SSSR count). The third-order valence-electron chi connectivity index (χ3n) is 2.27. The second kappa shape index (κ2) is 19.0. The number of aliphatic carboxylic acids is 2. The van der Waals surface area contributed by atoms with Crippen LogP contribution < -0.4 is 74.6 Å². The maximum Gasteiger partial charge on any atom is 1.00 e. The van der Waals surface area contributed by atoms with E-state index in [0.717, 1.165) is 0 Å². The van der Waals surface area contributed by atoms with Crippen molar-refractivity contribution < 1.29 is 104 Å². The van der Waals surface area contributed by atoms with Crippen molar-refractivity contribution >= 4 is 11.9 Å². The quantitative estimate of drug-likeness (QED) is 0.216. The van der Waals surface area contributed by atoms with Crippen molar-refractivity contribution in [3.63, 3.8) is 0 Å². The number of aliphatic hydroxyl groups excluding tert-OH is 5. The van der Waals surface area contributed by atoms with Crippen molar-refractivity contribution in [1.82, 2.24) is 5.32 Å². The Bertz CT molecular complexity index is 295. The summed E-state index contributed by atoms with van der Waals surface area (Å²) in [6.07, 6.45) is -6.59. The smallest absolute Gasteiger partial charge is 0.550 e. The molecule has 0 bridgehead atoms. The van der Waals surface area contributed by atoms with Crippen molar-refractivity contribution in [2.24, 2.45) is 0 Å². The van der Waals surface area contributed by atoms with Gasteiger partial charge in [-0.2, -0.15) is 0 Å². The third kappa shape index (κ3) is 18.9. The van der Waals surface area contributed by atoms with E-state index in [0.29, 0.717) is 0 Å². The second-order valence-electron chi connectivity index (χ2n) is 4.10. The number of rotatable bonds is 9. The first kappa shape index (κ1) is 31.5. The fraction of sp³-hybridized carbons (Fsp3) is 0.818. The fourth-order valence-corrected chi connectivity index (χ4v) is 1.10. The van der Waals surface area contributed by atoms with Crippen LogP contribution in [0.2, 0.25) is 0 Å². The normalized spacial score (nSPS) is 14.7. The summed E-state index contributed by atoms with van der Waals surface area (Å²) >= 11 is 0. The number of carbonyl (C=O) groups is 2. The van der Waals surface area contributed by atoms with Gasteiger partial charge in [0.2, 0.25) is 0 Å². The molecule has 23 heavy (non-hydrogen) atoms. The van der Waals surface area contributed by atoms with E-state index in [9.17, 15) is 24.9 Å². The molecule has 0 aromatic heterocycles.